The fraction of sp³-hybridized carbons (Fsp3) is 0.533. The van der Waals surface area contributed by atoms with Gasteiger partial charge in [0.2, 0.25) is 10.0 Å². The van der Waals surface area contributed by atoms with Crippen LogP contribution in [0.25, 0.3) is 0 Å². The van der Waals surface area contributed by atoms with E-state index in [-0.39, 0.29) is 23.9 Å². The van der Waals surface area contributed by atoms with Crippen molar-refractivity contribution < 1.29 is 23.1 Å². The Morgan fingerprint density at radius 1 is 1.36 bits per heavy atom. The zero-order chi connectivity index (χ0) is 15.9. The Kier molecular flexibility index (Phi) is 3.86. The Morgan fingerprint density at radius 2 is 2.14 bits per heavy atom. The molecule has 0 bridgehead atoms. The molecule has 2 atom stereocenters. The maximum absolute atomic E-state index is 12.7. The molecule has 2 heterocycles. The number of ether oxygens (including phenoxy) is 1. The summed E-state index contributed by atoms with van der Waals surface area (Å²) in [4.78, 5) is 11.4. The van der Waals surface area contributed by atoms with E-state index >= 15 is 0 Å². The first-order chi connectivity index (χ1) is 10.4. The molecular weight excluding hydrogens is 306 g/mol. The van der Waals surface area contributed by atoms with Crippen LogP contribution in [0.5, 0.6) is 5.75 Å². The van der Waals surface area contributed by atoms with Gasteiger partial charge in [-0.1, -0.05) is 6.92 Å². The van der Waals surface area contributed by atoms with Crippen molar-refractivity contribution in [3.8, 4) is 5.75 Å². The topological polar surface area (TPSA) is 83.9 Å². The van der Waals surface area contributed by atoms with Gasteiger partial charge in [-0.25, -0.2) is 8.42 Å². The second-order valence-electron chi connectivity index (χ2n) is 5.97. The monoisotopic (exact) mass is 325 g/mol. The maximum Gasteiger partial charge on any atom is 0.308 e. The minimum Gasteiger partial charge on any atom is -0.493 e. The summed E-state index contributed by atoms with van der Waals surface area (Å²) in [6.45, 7) is 2.71. The van der Waals surface area contributed by atoms with Crippen molar-refractivity contribution in [3.63, 3.8) is 0 Å². The van der Waals surface area contributed by atoms with Crippen molar-refractivity contribution in [1.29, 1.82) is 0 Å². The van der Waals surface area contributed by atoms with Gasteiger partial charge in [-0.3, -0.25) is 4.79 Å². The van der Waals surface area contributed by atoms with E-state index in [4.69, 9.17) is 9.84 Å². The summed E-state index contributed by atoms with van der Waals surface area (Å²) in [5.41, 5.74) is 0.898. The Balaban J connectivity index is 1.89. The lowest BCUT2D eigenvalue weighted by Gasteiger charge is -2.20. The van der Waals surface area contributed by atoms with Gasteiger partial charge in [0.15, 0.2) is 0 Å². The number of fused-ring (bicyclic) bond motifs is 1. The molecule has 0 aromatic heterocycles. The molecule has 1 saturated heterocycles. The molecule has 120 valence electrons. The first-order valence-electron chi connectivity index (χ1n) is 7.38. The van der Waals surface area contributed by atoms with Crippen LogP contribution in [0.3, 0.4) is 0 Å². The van der Waals surface area contributed by atoms with Crippen molar-refractivity contribution >= 4 is 16.0 Å². The highest BCUT2D eigenvalue weighted by atomic mass is 32.2. The molecule has 0 amide bonds. The van der Waals surface area contributed by atoms with Gasteiger partial charge in [0.1, 0.15) is 5.75 Å². The van der Waals surface area contributed by atoms with Crippen molar-refractivity contribution in [1.82, 2.24) is 4.31 Å². The lowest BCUT2D eigenvalue weighted by Crippen LogP contribution is -2.30. The van der Waals surface area contributed by atoms with E-state index in [1.807, 2.05) is 0 Å². The summed E-state index contributed by atoms with van der Waals surface area (Å²) in [5.74, 6) is -1.03. The maximum atomic E-state index is 12.7. The van der Waals surface area contributed by atoms with Crippen LogP contribution in [0.1, 0.15) is 18.9 Å². The number of rotatable bonds is 3. The number of aliphatic carboxylic acids is 1. The Labute approximate surface area is 129 Å². The largest absolute Gasteiger partial charge is 0.493 e. The fourth-order valence-electron chi connectivity index (χ4n) is 3.09. The first-order valence-corrected chi connectivity index (χ1v) is 8.82. The molecule has 6 nitrogen and oxygen atoms in total. The van der Waals surface area contributed by atoms with Crippen LogP contribution in [0, 0.1) is 11.8 Å². The van der Waals surface area contributed by atoms with Crippen molar-refractivity contribution in [2.75, 3.05) is 19.7 Å². The molecule has 0 saturated carbocycles. The molecule has 1 aromatic rings. The number of sulfonamides is 1. The van der Waals surface area contributed by atoms with Gasteiger partial charge in [0.25, 0.3) is 0 Å². The van der Waals surface area contributed by atoms with Crippen LogP contribution in [0.2, 0.25) is 0 Å². The van der Waals surface area contributed by atoms with Gasteiger partial charge in [-0.15, -0.1) is 0 Å². The number of hydrogen-bond donors (Lipinski definition) is 1. The molecule has 2 aliphatic heterocycles. The van der Waals surface area contributed by atoms with E-state index in [2.05, 4.69) is 0 Å². The number of carbonyl (C=O) groups is 1. The minimum atomic E-state index is -3.66. The van der Waals surface area contributed by atoms with Crippen molar-refractivity contribution in [2.45, 2.75) is 24.7 Å². The zero-order valence-electron chi connectivity index (χ0n) is 12.4. The van der Waals surface area contributed by atoms with Crippen LogP contribution in [0.15, 0.2) is 23.1 Å². The SMILES string of the molecule is C[C@@H]1CN(S(=O)(=O)c2ccc3c(c2)CCCO3)C[C@H]1C(=O)O. The molecule has 0 spiro atoms. The number of benzene rings is 1. The molecule has 7 heteroatoms. The third kappa shape index (κ3) is 2.59. The molecule has 0 aliphatic carbocycles. The quantitative estimate of drug-likeness (QED) is 0.907. The molecular formula is C15H19NO5S. The van der Waals surface area contributed by atoms with Crippen LogP contribution < -0.4 is 4.74 Å². The molecule has 0 unspecified atom stereocenters. The summed E-state index contributed by atoms with van der Waals surface area (Å²) >= 11 is 0. The number of hydrogen-bond acceptors (Lipinski definition) is 4. The van der Waals surface area contributed by atoms with Crippen LogP contribution in [-0.2, 0) is 21.2 Å². The summed E-state index contributed by atoms with van der Waals surface area (Å²) < 4.78 is 32.2. The fourth-order valence-corrected chi connectivity index (χ4v) is 4.70. The van der Waals surface area contributed by atoms with Crippen molar-refractivity contribution in [2.24, 2.45) is 11.8 Å². The summed E-state index contributed by atoms with van der Waals surface area (Å²) in [5, 5.41) is 9.16. The van der Waals surface area contributed by atoms with E-state index in [1.54, 1.807) is 19.1 Å². The Hall–Kier alpha value is -1.60. The van der Waals surface area contributed by atoms with Gasteiger partial charge in [-0.05, 0) is 42.5 Å². The third-order valence-electron chi connectivity index (χ3n) is 4.41. The van der Waals surface area contributed by atoms with Gasteiger partial charge in [0.05, 0.1) is 17.4 Å². The lowest BCUT2D eigenvalue weighted by atomic mass is 9.99. The zero-order valence-corrected chi connectivity index (χ0v) is 13.2. The first kappa shape index (κ1) is 15.3. The van der Waals surface area contributed by atoms with Gasteiger partial charge < -0.3 is 9.84 Å². The van der Waals surface area contributed by atoms with Crippen molar-refractivity contribution in [3.05, 3.63) is 23.8 Å². The predicted octanol–water partition coefficient (Wildman–Crippen LogP) is 1.35. The van der Waals surface area contributed by atoms with E-state index in [9.17, 15) is 13.2 Å². The highest BCUT2D eigenvalue weighted by molar-refractivity contribution is 7.89. The summed E-state index contributed by atoms with van der Waals surface area (Å²) in [6, 6.07) is 4.89. The smallest absolute Gasteiger partial charge is 0.308 e. The highest BCUT2D eigenvalue weighted by Crippen LogP contribution is 2.32. The third-order valence-corrected chi connectivity index (χ3v) is 6.24. The second kappa shape index (κ2) is 5.55. The Bertz CT molecular complexity index is 700. The second-order valence-corrected chi connectivity index (χ2v) is 7.90. The molecule has 22 heavy (non-hydrogen) atoms. The normalized spacial score (nSPS) is 25.5. The molecule has 2 aliphatic rings. The standard InChI is InChI=1S/C15H19NO5S/c1-10-8-16(9-13(10)15(17)18)22(19,20)12-4-5-14-11(7-12)3-2-6-21-14/h4-5,7,10,13H,2-3,6,8-9H2,1H3,(H,17,18)/t10-,13-/m1/s1. The number of carboxylic acids is 1. The van der Waals surface area contributed by atoms with E-state index in [1.165, 1.54) is 10.4 Å². The average Bonchev–Trinajstić information content (AvgIpc) is 2.89. The molecule has 1 aromatic carbocycles. The molecule has 3 rings (SSSR count). The van der Waals surface area contributed by atoms with Gasteiger partial charge in [-0.2, -0.15) is 4.31 Å². The number of carboxylic acid groups (broad SMARTS) is 1. The average molecular weight is 325 g/mol. The molecule has 0 radical (unpaired) electrons. The number of nitrogens with zero attached hydrogens (tertiary/aromatic N) is 1. The van der Waals surface area contributed by atoms with Crippen LogP contribution in [-0.4, -0.2) is 43.5 Å². The number of aryl methyl sites for hydroxylation is 1. The minimum absolute atomic E-state index is 0.0341. The predicted molar refractivity (Wildman–Crippen MR) is 79.3 cm³/mol. The van der Waals surface area contributed by atoms with Gasteiger partial charge in [0, 0.05) is 13.1 Å². The van der Waals surface area contributed by atoms with E-state index in [0.29, 0.717) is 6.61 Å². The molecule has 1 fully saturated rings. The lowest BCUT2D eigenvalue weighted by molar-refractivity contribution is -0.142. The summed E-state index contributed by atoms with van der Waals surface area (Å²) in [6.07, 6.45) is 1.67. The Morgan fingerprint density at radius 3 is 2.82 bits per heavy atom. The van der Waals surface area contributed by atoms with E-state index in [0.717, 1.165) is 24.2 Å². The molecule has 1 N–H and O–H groups in total. The van der Waals surface area contributed by atoms with Gasteiger partial charge >= 0.3 is 5.97 Å². The van der Waals surface area contributed by atoms with E-state index < -0.39 is 21.9 Å². The highest BCUT2D eigenvalue weighted by Gasteiger charge is 2.40. The summed E-state index contributed by atoms with van der Waals surface area (Å²) in [7, 11) is -3.66. The van der Waals surface area contributed by atoms with Crippen LogP contribution >= 0.6 is 0 Å². The van der Waals surface area contributed by atoms with Crippen LogP contribution in [0.4, 0.5) is 0 Å².